The standard InChI is InChI=1S/C56H73N9O9/c1-35(67)72-42-29-40(73-49(30-42)39-27-48(69)53(70)51(28-39)71-24-17-38-8-4-19-59-32-38)13-11-37-12-14-47(68)50(25-37)74-41-9-3-18-56(31-41)44(33-58-2)54(65-34-45-43(16-22-60-45)46(65)10-6-23-66)63-55(64-56)62-20-5-7-36-15-21-61-52(57)26-36/h4,8,12,14-16,19,22,25-28,32,34,40-42,44,49,54,58,60-61,66,68-70H,3,5-7,9-11,13,17-18,20-21,23-24,29-31,33,57H2,1-2H3,(H2,62,63,64). The largest absolute Gasteiger partial charge is 0.504 e. The normalized spacial score (nSPS) is 24.4. The van der Waals surface area contributed by atoms with Crippen LogP contribution in [-0.2, 0) is 33.5 Å². The summed E-state index contributed by atoms with van der Waals surface area (Å²) in [5, 5.41) is 58.4. The molecule has 396 valence electrons. The third-order valence-corrected chi connectivity index (χ3v) is 14.9. The highest BCUT2D eigenvalue weighted by Crippen LogP contribution is 2.45. The van der Waals surface area contributed by atoms with Gasteiger partial charge in [0.15, 0.2) is 29.0 Å². The molecule has 1 aliphatic carbocycles. The fourth-order valence-electron chi connectivity index (χ4n) is 11.5. The third-order valence-electron chi connectivity index (χ3n) is 14.9. The molecule has 5 aromatic rings. The summed E-state index contributed by atoms with van der Waals surface area (Å²) in [6, 6.07) is 14.5. The molecule has 1 saturated carbocycles. The van der Waals surface area contributed by atoms with Crippen molar-refractivity contribution in [3.63, 3.8) is 0 Å². The third kappa shape index (κ3) is 12.5. The van der Waals surface area contributed by atoms with Crippen LogP contribution in [0.3, 0.4) is 0 Å². The Morgan fingerprint density at radius 3 is 2.73 bits per heavy atom. The van der Waals surface area contributed by atoms with E-state index in [1.54, 1.807) is 24.5 Å². The van der Waals surface area contributed by atoms with Gasteiger partial charge in [-0.1, -0.05) is 18.2 Å². The number of phenols is 3. The average molecular weight is 1020 g/mol. The fraction of sp³-hybridized carbons (Fsp3) is 0.482. The number of hydrogen-bond acceptors (Lipinski definition) is 14. The zero-order chi connectivity index (χ0) is 51.6. The number of rotatable bonds is 21. The number of benzene rings is 2. The van der Waals surface area contributed by atoms with Crippen LogP contribution in [0.2, 0.25) is 0 Å². The molecule has 74 heavy (non-hydrogen) atoms. The van der Waals surface area contributed by atoms with Gasteiger partial charge in [-0.05, 0) is 130 Å². The van der Waals surface area contributed by atoms with E-state index >= 15 is 0 Å². The minimum atomic E-state index is -0.559. The number of pyridine rings is 1. The molecule has 3 fully saturated rings. The van der Waals surface area contributed by atoms with Gasteiger partial charge in [0.1, 0.15) is 18.4 Å². The molecule has 3 aliphatic heterocycles. The van der Waals surface area contributed by atoms with Crippen LogP contribution in [0.5, 0.6) is 28.7 Å². The maximum atomic E-state index is 12.3. The van der Waals surface area contributed by atoms with Crippen LogP contribution >= 0.6 is 0 Å². The number of H-pyrrole nitrogens is 1. The fourth-order valence-corrected chi connectivity index (χ4v) is 11.5. The molecule has 7 unspecified atom stereocenters. The number of carbonyl (C=O) groups excluding carboxylic acids is 1. The van der Waals surface area contributed by atoms with Gasteiger partial charge in [-0.3, -0.25) is 14.8 Å². The van der Waals surface area contributed by atoms with Gasteiger partial charge < -0.3 is 75.9 Å². The predicted octanol–water partition coefficient (Wildman–Crippen LogP) is 6.57. The topological polar surface area (TPSA) is 255 Å². The van der Waals surface area contributed by atoms with E-state index in [0.717, 1.165) is 72.3 Å². The summed E-state index contributed by atoms with van der Waals surface area (Å²) in [5.74, 6) is 0.977. The van der Waals surface area contributed by atoms with Crippen molar-refractivity contribution in [1.82, 2.24) is 35.8 Å². The van der Waals surface area contributed by atoms with Crippen molar-refractivity contribution in [2.75, 3.05) is 39.9 Å². The predicted molar refractivity (Wildman–Crippen MR) is 282 cm³/mol. The number of aryl methyl sites for hydroxylation is 2. The molecular formula is C56H73N9O9. The van der Waals surface area contributed by atoms with Crippen molar-refractivity contribution >= 4 is 22.8 Å². The van der Waals surface area contributed by atoms with Gasteiger partial charge in [0.2, 0.25) is 5.75 Å². The number of ether oxygens (including phenoxy) is 4. The first-order chi connectivity index (χ1) is 36.0. The Morgan fingerprint density at radius 2 is 1.92 bits per heavy atom. The van der Waals surface area contributed by atoms with Gasteiger partial charge in [0.05, 0.1) is 35.7 Å². The number of dihydropyridines is 1. The zero-order valence-electron chi connectivity index (χ0n) is 42.5. The number of phenolic OH excluding ortho intramolecular Hbond substituents is 3. The Morgan fingerprint density at radius 1 is 1.03 bits per heavy atom. The molecule has 18 nitrogen and oxygen atoms in total. The highest BCUT2D eigenvalue weighted by atomic mass is 16.6. The molecule has 11 N–H and O–H groups in total. The molecule has 0 amide bonds. The number of aromatic amines is 1. The van der Waals surface area contributed by atoms with Gasteiger partial charge in [-0.15, -0.1) is 0 Å². The van der Waals surface area contributed by atoms with Crippen LogP contribution in [-0.4, -0.2) is 111 Å². The number of nitrogens with zero attached hydrogens (tertiary/aromatic N) is 3. The number of guanidine groups is 1. The van der Waals surface area contributed by atoms with Crippen LogP contribution in [0.4, 0.5) is 0 Å². The Kier molecular flexibility index (Phi) is 16.8. The molecule has 2 saturated heterocycles. The summed E-state index contributed by atoms with van der Waals surface area (Å²) in [6.07, 6.45) is 18.9. The number of aliphatic hydroxyl groups is 1. The summed E-state index contributed by atoms with van der Waals surface area (Å²) >= 11 is 0. The van der Waals surface area contributed by atoms with Gasteiger partial charge in [0, 0.05) is 101 Å². The molecule has 9 rings (SSSR count). The molecule has 2 aromatic carbocycles. The SMILES string of the molecule is CNCC1C(n2cc3[nH]ccc3c2CCCO)NC(=NCCCC2=CCNC(N)=C2)NC12CCCC(Oc1cc(CCC3CC(OC(C)=O)CC(c4cc(O)c(O)c(OCCc5cccnc5)c4)O3)ccc1O)C2. The molecule has 18 heteroatoms. The lowest BCUT2D eigenvalue weighted by molar-refractivity contribution is -0.160. The van der Waals surface area contributed by atoms with E-state index in [1.807, 2.05) is 43.6 Å². The van der Waals surface area contributed by atoms with E-state index in [2.05, 4.69) is 54.1 Å². The van der Waals surface area contributed by atoms with E-state index < -0.39 is 17.7 Å². The number of nitrogens with two attached hydrogens (primary N) is 1. The lowest BCUT2D eigenvalue weighted by Crippen LogP contribution is -2.70. The maximum absolute atomic E-state index is 12.3. The van der Waals surface area contributed by atoms with E-state index in [0.29, 0.717) is 81.6 Å². The number of aliphatic imine (C=N–C) groups is 1. The second kappa shape index (κ2) is 24.0. The number of allylic oxidation sites excluding steroid dienone is 2. The number of fused-ring (bicyclic) bond motifs is 1. The number of aromatic hydroxyl groups is 3. The van der Waals surface area contributed by atoms with E-state index in [4.69, 9.17) is 29.7 Å². The maximum Gasteiger partial charge on any atom is 0.302 e. The molecule has 6 heterocycles. The Hall–Kier alpha value is -6.89. The van der Waals surface area contributed by atoms with Crippen molar-refractivity contribution in [3.05, 3.63) is 119 Å². The second-order valence-electron chi connectivity index (χ2n) is 20.2. The summed E-state index contributed by atoms with van der Waals surface area (Å²) in [7, 11) is 1.99. The molecule has 0 radical (unpaired) electrons. The number of esters is 1. The van der Waals surface area contributed by atoms with Crippen molar-refractivity contribution < 1.29 is 44.2 Å². The summed E-state index contributed by atoms with van der Waals surface area (Å²) in [6.45, 7) is 3.77. The first kappa shape index (κ1) is 52.0. The summed E-state index contributed by atoms with van der Waals surface area (Å²) in [5.41, 5.74) is 11.5. The van der Waals surface area contributed by atoms with Crippen molar-refractivity contribution in [2.24, 2.45) is 16.6 Å². The lowest BCUT2D eigenvalue weighted by Gasteiger charge is -2.53. The van der Waals surface area contributed by atoms with Crippen molar-refractivity contribution in [2.45, 2.75) is 127 Å². The quantitative estimate of drug-likeness (QED) is 0.0212. The van der Waals surface area contributed by atoms with Crippen molar-refractivity contribution in [1.29, 1.82) is 0 Å². The minimum absolute atomic E-state index is 0.0346. The van der Waals surface area contributed by atoms with Crippen LogP contribution in [0.25, 0.3) is 10.9 Å². The number of aromatic nitrogens is 3. The van der Waals surface area contributed by atoms with Gasteiger partial charge in [-0.25, -0.2) is 0 Å². The van der Waals surface area contributed by atoms with Gasteiger partial charge in [0.25, 0.3) is 0 Å². The minimum Gasteiger partial charge on any atom is -0.504 e. The molecule has 4 aliphatic rings. The number of hydrogen-bond donors (Lipinski definition) is 10. The molecular weight excluding hydrogens is 943 g/mol. The van der Waals surface area contributed by atoms with E-state index in [-0.39, 0.29) is 66.5 Å². The Labute approximate surface area is 432 Å². The van der Waals surface area contributed by atoms with E-state index in [1.165, 1.54) is 18.6 Å². The zero-order valence-corrected chi connectivity index (χ0v) is 42.5. The molecule has 1 spiro atoms. The van der Waals surface area contributed by atoms with Crippen LogP contribution in [0.15, 0.2) is 102 Å². The van der Waals surface area contributed by atoms with Crippen LogP contribution in [0, 0.1) is 5.92 Å². The first-order valence-corrected chi connectivity index (χ1v) is 26.3. The van der Waals surface area contributed by atoms with Gasteiger partial charge in [-0.2, -0.15) is 0 Å². The Balaban J connectivity index is 0.912. The number of carbonyl (C=O) groups is 1. The highest BCUT2D eigenvalue weighted by molar-refractivity contribution is 5.84. The van der Waals surface area contributed by atoms with Crippen LogP contribution < -0.4 is 36.5 Å². The molecule has 0 bridgehead atoms. The van der Waals surface area contributed by atoms with E-state index in [9.17, 15) is 25.2 Å². The first-order valence-electron chi connectivity index (χ1n) is 26.3. The summed E-state index contributed by atoms with van der Waals surface area (Å²) in [4.78, 5) is 25.0. The average Bonchev–Trinajstić information content (AvgIpc) is 4.00. The smallest absolute Gasteiger partial charge is 0.302 e. The number of nitrogens with one attached hydrogen (secondary N) is 5. The lowest BCUT2D eigenvalue weighted by atomic mass is 9.69. The second-order valence-corrected chi connectivity index (χ2v) is 20.2. The van der Waals surface area contributed by atoms with Gasteiger partial charge >= 0.3 is 5.97 Å². The Bertz CT molecular complexity index is 2790. The molecule has 3 aromatic heterocycles. The summed E-state index contributed by atoms with van der Waals surface area (Å²) < 4.78 is 27.6. The van der Waals surface area contributed by atoms with Crippen molar-refractivity contribution in [3.8, 4) is 28.7 Å². The monoisotopic (exact) mass is 1020 g/mol. The number of aliphatic hydroxyl groups excluding tert-OH is 1. The molecule has 7 atom stereocenters. The van der Waals surface area contributed by atoms with Crippen LogP contribution in [0.1, 0.15) is 106 Å². The highest BCUT2D eigenvalue weighted by Gasteiger charge is 2.51.